The van der Waals surface area contributed by atoms with Gasteiger partial charge in [-0.15, -0.1) is 11.6 Å². The molecule has 1 aliphatic rings. The fourth-order valence-electron chi connectivity index (χ4n) is 2.91. The maximum Gasteiger partial charge on any atom is 0.130 e. The molecule has 0 spiro atoms. The van der Waals surface area contributed by atoms with Crippen molar-refractivity contribution in [2.24, 2.45) is 0 Å². The molecule has 102 valence electrons. The highest BCUT2D eigenvalue weighted by Gasteiger charge is 2.18. The molecule has 1 fully saturated rings. The van der Waals surface area contributed by atoms with Gasteiger partial charge in [0.1, 0.15) is 5.82 Å². The lowest BCUT2D eigenvalue weighted by Gasteiger charge is -2.31. The summed E-state index contributed by atoms with van der Waals surface area (Å²) in [5, 5.41) is 2.43. The maximum absolute atomic E-state index is 5.94. The van der Waals surface area contributed by atoms with Crippen LogP contribution in [0.1, 0.15) is 30.7 Å². The van der Waals surface area contributed by atoms with Gasteiger partial charge in [-0.25, -0.2) is 9.66 Å². The van der Waals surface area contributed by atoms with Gasteiger partial charge in [0.25, 0.3) is 0 Å². The summed E-state index contributed by atoms with van der Waals surface area (Å²) in [5.74, 6) is 1.72. The summed E-state index contributed by atoms with van der Waals surface area (Å²) >= 11 is 5.94. The van der Waals surface area contributed by atoms with E-state index in [0.717, 1.165) is 30.9 Å². The van der Waals surface area contributed by atoms with E-state index in [4.69, 9.17) is 16.6 Å². The van der Waals surface area contributed by atoms with Gasteiger partial charge in [0.2, 0.25) is 0 Å². The first-order valence-corrected chi connectivity index (χ1v) is 7.63. The molecule has 1 aromatic heterocycles. The Kier molecular flexibility index (Phi) is 3.65. The minimum absolute atomic E-state index is 0.621. The number of para-hydroxylation sites is 1. The van der Waals surface area contributed by atoms with Gasteiger partial charge < -0.3 is 5.01 Å². The highest BCUT2D eigenvalue weighted by molar-refractivity contribution is 6.17. The quantitative estimate of drug-likeness (QED) is 0.803. The molecule has 1 saturated heterocycles. The number of rotatable bonds is 3. The van der Waals surface area contributed by atoms with E-state index in [9.17, 15) is 0 Å². The number of alkyl halides is 1. The van der Waals surface area contributed by atoms with Crippen molar-refractivity contribution >= 4 is 22.6 Å². The summed E-state index contributed by atoms with van der Waals surface area (Å²) < 4.78 is 2.31. The van der Waals surface area contributed by atoms with Crippen LogP contribution >= 0.6 is 11.6 Å². The lowest BCUT2D eigenvalue weighted by Crippen LogP contribution is -2.40. The normalized spacial score (nSPS) is 16.2. The van der Waals surface area contributed by atoms with Crippen molar-refractivity contribution in [3.63, 3.8) is 0 Å². The molecule has 2 heterocycles. The van der Waals surface area contributed by atoms with Crippen LogP contribution in [0.3, 0.4) is 0 Å². The largest absolute Gasteiger partial charge is 0.311 e. The molecule has 0 saturated carbocycles. The van der Waals surface area contributed by atoms with Crippen molar-refractivity contribution in [2.45, 2.75) is 32.6 Å². The molecule has 0 amide bonds. The molecule has 0 aliphatic carbocycles. The average Bonchev–Trinajstić information content (AvgIpc) is 2.80. The molecule has 4 heteroatoms. The van der Waals surface area contributed by atoms with Gasteiger partial charge in [0.05, 0.1) is 11.0 Å². The third kappa shape index (κ3) is 2.32. The summed E-state index contributed by atoms with van der Waals surface area (Å²) in [6, 6.07) is 6.41. The lowest BCUT2D eigenvalue weighted by molar-refractivity contribution is 0.476. The zero-order valence-corrected chi connectivity index (χ0v) is 12.2. The monoisotopic (exact) mass is 277 g/mol. The molecule has 1 aliphatic heterocycles. The Hall–Kier alpha value is -1.22. The molecule has 0 bridgehead atoms. The Labute approximate surface area is 119 Å². The first-order chi connectivity index (χ1) is 9.31. The average molecular weight is 278 g/mol. The van der Waals surface area contributed by atoms with Crippen LogP contribution < -0.4 is 5.01 Å². The van der Waals surface area contributed by atoms with E-state index in [1.807, 2.05) is 0 Å². The molecule has 3 rings (SSSR count). The van der Waals surface area contributed by atoms with Crippen molar-refractivity contribution in [3.8, 4) is 0 Å². The highest BCUT2D eigenvalue weighted by atomic mass is 35.5. The molecule has 1 aromatic carbocycles. The number of hydrogen-bond acceptors (Lipinski definition) is 2. The van der Waals surface area contributed by atoms with Crippen LogP contribution in [0, 0.1) is 6.92 Å². The van der Waals surface area contributed by atoms with E-state index < -0.39 is 0 Å². The van der Waals surface area contributed by atoms with Crippen LogP contribution in [0.5, 0.6) is 0 Å². The van der Waals surface area contributed by atoms with Gasteiger partial charge in [-0.2, -0.15) is 0 Å². The van der Waals surface area contributed by atoms with Crippen LogP contribution in [0.25, 0.3) is 11.0 Å². The predicted molar refractivity (Wildman–Crippen MR) is 80.7 cm³/mol. The Morgan fingerprint density at radius 2 is 2.00 bits per heavy atom. The summed E-state index contributed by atoms with van der Waals surface area (Å²) in [4.78, 5) is 4.81. The number of imidazole rings is 1. The van der Waals surface area contributed by atoms with Crippen LogP contribution in [-0.4, -0.2) is 28.6 Å². The van der Waals surface area contributed by atoms with Gasteiger partial charge in [0.15, 0.2) is 0 Å². The number of nitrogens with zero attached hydrogens (tertiary/aromatic N) is 3. The third-order valence-corrected chi connectivity index (χ3v) is 4.05. The van der Waals surface area contributed by atoms with Crippen LogP contribution in [-0.2, 0) is 6.42 Å². The molecule has 0 radical (unpaired) electrons. The molecule has 19 heavy (non-hydrogen) atoms. The van der Waals surface area contributed by atoms with Crippen LogP contribution in [0.4, 0.5) is 0 Å². The SMILES string of the molecule is Cc1cccc2c1nc(CCCl)n2N1CCCCC1. The van der Waals surface area contributed by atoms with Gasteiger partial charge in [0, 0.05) is 25.4 Å². The second-order valence-corrected chi connectivity index (χ2v) is 5.61. The third-order valence-electron chi connectivity index (χ3n) is 3.86. The summed E-state index contributed by atoms with van der Waals surface area (Å²) in [6.07, 6.45) is 4.71. The summed E-state index contributed by atoms with van der Waals surface area (Å²) in [7, 11) is 0. The van der Waals surface area contributed by atoms with Crippen molar-refractivity contribution < 1.29 is 0 Å². The first kappa shape index (κ1) is 12.8. The van der Waals surface area contributed by atoms with Crippen LogP contribution in [0.15, 0.2) is 18.2 Å². The van der Waals surface area contributed by atoms with E-state index in [2.05, 4.69) is 34.8 Å². The minimum atomic E-state index is 0.621. The molecule has 2 aromatic rings. The lowest BCUT2D eigenvalue weighted by atomic mass is 10.1. The van der Waals surface area contributed by atoms with E-state index in [1.54, 1.807) is 0 Å². The second kappa shape index (κ2) is 5.41. The van der Waals surface area contributed by atoms with E-state index >= 15 is 0 Å². The van der Waals surface area contributed by atoms with E-state index in [1.165, 1.54) is 30.3 Å². The van der Waals surface area contributed by atoms with Gasteiger partial charge >= 0.3 is 0 Å². The number of halogens is 1. The number of piperidine rings is 1. The van der Waals surface area contributed by atoms with Crippen molar-refractivity contribution in [2.75, 3.05) is 24.0 Å². The Balaban J connectivity index is 2.13. The molecular formula is C15H20ClN3. The maximum atomic E-state index is 5.94. The molecule has 3 nitrogen and oxygen atoms in total. The smallest absolute Gasteiger partial charge is 0.130 e. The number of fused-ring (bicyclic) bond motifs is 1. The zero-order chi connectivity index (χ0) is 13.2. The Morgan fingerprint density at radius 1 is 1.21 bits per heavy atom. The molecule has 0 unspecified atom stereocenters. The van der Waals surface area contributed by atoms with Crippen molar-refractivity contribution in [3.05, 3.63) is 29.6 Å². The summed E-state index contributed by atoms with van der Waals surface area (Å²) in [6.45, 7) is 4.36. The molecular weight excluding hydrogens is 258 g/mol. The summed E-state index contributed by atoms with van der Waals surface area (Å²) in [5.41, 5.74) is 3.58. The topological polar surface area (TPSA) is 21.1 Å². The minimum Gasteiger partial charge on any atom is -0.311 e. The fraction of sp³-hybridized carbons (Fsp3) is 0.533. The number of benzene rings is 1. The van der Waals surface area contributed by atoms with E-state index in [0.29, 0.717) is 5.88 Å². The first-order valence-electron chi connectivity index (χ1n) is 7.09. The van der Waals surface area contributed by atoms with Crippen molar-refractivity contribution in [1.82, 2.24) is 9.66 Å². The standard InChI is InChI=1S/C15H20ClN3/c1-12-6-5-7-13-15(12)17-14(8-9-16)19(13)18-10-3-2-4-11-18/h5-7H,2-4,8-11H2,1H3. The van der Waals surface area contributed by atoms with Gasteiger partial charge in [-0.05, 0) is 37.8 Å². The fourth-order valence-corrected chi connectivity index (χ4v) is 3.08. The molecule has 0 N–H and O–H groups in total. The number of aryl methyl sites for hydroxylation is 2. The Morgan fingerprint density at radius 3 is 2.74 bits per heavy atom. The molecule has 0 atom stereocenters. The number of hydrogen-bond donors (Lipinski definition) is 0. The van der Waals surface area contributed by atoms with Crippen LogP contribution in [0.2, 0.25) is 0 Å². The van der Waals surface area contributed by atoms with Crippen molar-refractivity contribution in [1.29, 1.82) is 0 Å². The predicted octanol–water partition coefficient (Wildman–Crippen LogP) is 3.25. The Bertz CT molecular complexity index is 570. The van der Waals surface area contributed by atoms with Gasteiger partial charge in [-0.1, -0.05) is 12.1 Å². The van der Waals surface area contributed by atoms with Gasteiger partial charge in [-0.3, -0.25) is 0 Å². The zero-order valence-electron chi connectivity index (χ0n) is 11.4. The number of aromatic nitrogens is 2. The highest BCUT2D eigenvalue weighted by Crippen LogP contribution is 2.22. The second-order valence-electron chi connectivity index (χ2n) is 5.24. The van der Waals surface area contributed by atoms with E-state index in [-0.39, 0.29) is 0 Å².